The van der Waals surface area contributed by atoms with Crippen LogP contribution in [-0.4, -0.2) is 37.7 Å². The topological polar surface area (TPSA) is 101 Å². The van der Waals surface area contributed by atoms with E-state index in [4.69, 9.17) is 5.11 Å². The van der Waals surface area contributed by atoms with Crippen molar-refractivity contribution in [1.29, 1.82) is 0 Å². The van der Waals surface area contributed by atoms with Gasteiger partial charge in [0, 0.05) is 6.54 Å². The van der Waals surface area contributed by atoms with Gasteiger partial charge in [-0.05, 0) is 25.0 Å². The Morgan fingerprint density at radius 2 is 1.76 bits per heavy atom. The van der Waals surface area contributed by atoms with Crippen LogP contribution in [0.3, 0.4) is 0 Å². The summed E-state index contributed by atoms with van der Waals surface area (Å²) < 4.78 is 24.0. The molecule has 1 amide bonds. The predicted molar refractivity (Wildman–Crippen MR) is 75.4 cm³/mol. The Bertz CT molecular complexity index is 626. The molecule has 1 saturated carbocycles. The SMILES string of the molecule is O=C(O)C1CCC1C(=O)NCCS(=O)(=O)c1ccccc1. The molecule has 2 N–H and O–H groups in total. The van der Waals surface area contributed by atoms with E-state index >= 15 is 0 Å². The van der Waals surface area contributed by atoms with Crippen molar-refractivity contribution in [2.24, 2.45) is 11.8 Å². The molecule has 2 rings (SSSR count). The molecule has 1 fully saturated rings. The molecule has 1 aromatic rings. The van der Waals surface area contributed by atoms with Crippen LogP contribution in [0, 0.1) is 11.8 Å². The fraction of sp³-hybridized carbons (Fsp3) is 0.429. The normalized spacial score (nSPS) is 21.3. The van der Waals surface area contributed by atoms with E-state index in [1.54, 1.807) is 18.2 Å². The van der Waals surface area contributed by atoms with Crippen molar-refractivity contribution in [2.45, 2.75) is 17.7 Å². The van der Waals surface area contributed by atoms with Crippen molar-refractivity contribution < 1.29 is 23.1 Å². The number of amides is 1. The zero-order chi connectivity index (χ0) is 15.5. The first-order valence-electron chi connectivity index (χ1n) is 6.70. The van der Waals surface area contributed by atoms with Crippen LogP contribution < -0.4 is 5.32 Å². The Kier molecular flexibility index (Phi) is 4.62. The standard InChI is InChI=1S/C14H17NO5S/c16-13(11-6-7-12(11)14(17)18)15-8-9-21(19,20)10-4-2-1-3-5-10/h1-5,11-12H,6-9H2,(H,15,16)(H,17,18). The summed E-state index contributed by atoms with van der Waals surface area (Å²) in [6.07, 6.45) is 1.03. The first kappa shape index (κ1) is 15.5. The van der Waals surface area contributed by atoms with Gasteiger partial charge in [0.05, 0.1) is 22.5 Å². The number of carbonyl (C=O) groups is 2. The fourth-order valence-electron chi connectivity index (χ4n) is 2.29. The molecule has 0 aliphatic heterocycles. The third-order valence-electron chi connectivity index (χ3n) is 3.70. The molecule has 0 saturated heterocycles. The lowest BCUT2D eigenvalue weighted by Crippen LogP contribution is -2.45. The molecule has 0 heterocycles. The number of nitrogens with one attached hydrogen (secondary N) is 1. The van der Waals surface area contributed by atoms with Gasteiger partial charge in [-0.2, -0.15) is 0 Å². The molecule has 2 unspecified atom stereocenters. The quantitative estimate of drug-likeness (QED) is 0.805. The Morgan fingerprint density at radius 3 is 2.29 bits per heavy atom. The highest BCUT2D eigenvalue weighted by Gasteiger charge is 2.41. The zero-order valence-electron chi connectivity index (χ0n) is 11.4. The monoisotopic (exact) mass is 311 g/mol. The van der Waals surface area contributed by atoms with Crippen molar-refractivity contribution in [3.05, 3.63) is 30.3 Å². The van der Waals surface area contributed by atoms with Crippen molar-refractivity contribution in [1.82, 2.24) is 5.32 Å². The summed E-state index contributed by atoms with van der Waals surface area (Å²) in [5, 5.41) is 11.4. The van der Waals surface area contributed by atoms with Crippen LogP contribution in [0.1, 0.15) is 12.8 Å². The van der Waals surface area contributed by atoms with Crippen LogP contribution in [0.2, 0.25) is 0 Å². The highest BCUT2D eigenvalue weighted by molar-refractivity contribution is 7.91. The van der Waals surface area contributed by atoms with Gasteiger partial charge in [0.15, 0.2) is 9.84 Å². The third-order valence-corrected chi connectivity index (χ3v) is 5.43. The molecule has 1 aromatic carbocycles. The maximum Gasteiger partial charge on any atom is 0.307 e. The molecule has 2 atom stereocenters. The van der Waals surface area contributed by atoms with E-state index in [2.05, 4.69) is 5.32 Å². The molecule has 0 bridgehead atoms. The number of carbonyl (C=O) groups excluding carboxylic acids is 1. The molecule has 21 heavy (non-hydrogen) atoms. The third kappa shape index (κ3) is 3.60. The number of hydrogen-bond acceptors (Lipinski definition) is 4. The van der Waals surface area contributed by atoms with Crippen molar-refractivity contribution in [3.8, 4) is 0 Å². The van der Waals surface area contributed by atoms with E-state index in [0.29, 0.717) is 12.8 Å². The number of rotatable bonds is 6. The summed E-state index contributed by atoms with van der Waals surface area (Å²) in [6, 6.07) is 8.01. The zero-order valence-corrected chi connectivity index (χ0v) is 12.2. The van der Waals surface area contributed by atoms with Crippen molar-refractivity contribution in [2.75, 3.05) is 12.3 Å². The van der Waals surface area contributed by atoms with Gasteiger partial charge >= 0.3 is 5.97 Å². The van der Waals surface area contributed by atoms with Crippen molar-refractivity contribution in [3.63, 3.8) is 0 Å². The molecule has 7 heteroatoms. The molecule has 6 nitrogen and oxygen atoms in total. The van der Waals surface area contributed by atoms with Gasteiger partial charge in [-0.3, -0.25) is 9.59 Å². The van der Waals surface area contributed by atoms with Gasteiger partial charge in [-0.25, -0.2) is 8.42 Å². The largest absolute Gasteiger partial charge is 0.481 e. The molecule has 114 valence electrons. The summed E-state index contributed by atoms with van der Waals surface area (Å²) >= 11 is 0. The molecule has 1 aliphatic carbocycles. The maximum atomic E-state index is 12.0. The number of carboxylic acid groups (broad SMARTS) is 1. The smallest absolute Gasteiger partial charge is 0.307 e. The fourth-order valence-corrected chi connectivity index (χ4v) is 3.47. The van der Waals surface area contributed by atoms with Crippen LogP contribution in [0.15, 0.2) is 35.2 Å². The lowest BCUT2D eigenvalue weighted by molar-refractivity contribution is -0.152. The number of aliphatic carboxylic acids is 1. The van der Waals surface area contributed by atoms with Gasteiger partial charge in [0.2, 0.25) is 5.91 Å². The molecule has 1 aliphatic rings. The molecule has 0 aromatic heterocycles. The highest BCUT2D eigenvalue weighted by atomic mass is 32.2. The highest BCUT2D eigenvalue weighted by Crippen LogP contribution is 2.34. The average molecular weight is 311 g/mol. The van der Waals surface area contributed by atoms with Crippen LogP contribution in [0.25, 0.3) is 0 Å². The van der Waals surface area contributed by atoms with Crippen LogP contribution in [0.5, 0.6) is 0 Å². The Balaban J connectivity index is 1.85. The Hall–Kier alpha value is -1.89. The summed E-state index contributed by atoms with van der Waals surface area (Å²) in [4.78, 5) is 22.8. The van der Waals surface area contributed by atoms with Crippen LogP contribution >= 0.6 is 0 Å². The number of sulfone groups is 1. The molecule has 0 radical (unpaired) electrons. The van der Waals surface area contributed by atoms with Gasteiger partial charge in [-0.15, -0.1) is 0 Å². The minimum atomic E-state index is -3.43. The predicted octanol–water partition coefficient (Wildman–Crippen LogP) is 0.687. The van der Waals surface area contributed by atoms with Gasteiger partial charge in [-0.1, -0.05) is 18.2 Å². The second kappa shape index (κ2) is 6.26. The van der Waals surface area contributed by atoms with E-state index in [1.807, 2.05) is 0 Å². The van der Waals surface area contributed by atoms with Crippen LogP contribution in [-0.2, 0) is 19.4 Å². The number of carboxylic acids is 1. The van der Waals surface area contributed by atoms with E-state index in [-0.39, 0.29) is 23.1 Å². The van der Waals surface area contributed by atoms with Gasteiger partial charge in [0.1, 0.15) is 0 Å². The maximum absolute atomic E-state index is 12.0. The van der Waals surface area contributed by atoms with Crippen molar-refractivity contribution >= 4 is 21.7 Å². The Morgan fingerprint density at radius 1 is 1.14 bits per heavy atom. The summed E-state index contributed by atoms with van der Waals surface area (Å²) in [7, 11) is -3.43. The molecular formula is C14H17NO5S. The molecule has 0 spiro atoms. The summed E-state index contributed by atoms with van der Waals surface area (Å²) in [5.74, 6) is -2.74. The minimum absolute atomic E-state index is 0.0150. The molecular weight excluding hydrogens is 294 g/mol. The first-order chi connectivity index (χ1) is 9.92. The lowest BCUT2D eigenvalue weighted by Gasteiger charge is -2.31. The average Bonchev–Trinajstić information content (AvgIpc) is 2.37. The number of hydrogen-bond donors (Lipinski definition) is 2. The van der Waals surface area contributed by atoms with E-state index in [9.17, 15) is 18.0 Å². The lowest BCUT2D eigenvalue weighted by atomic mass is 9.73. The van der Waals surface area contributed by atoms with Gasteiger partial charge < -0.3 is 10.4 Å². The van der Waals surface area contributed by atoms with E-state index < -0.39 is 27.6 Å². The first-order valence-corrected chi connectivity index (χ1v) is 8.35. The second-order valence-electron chi connectivity index (χ2n) is 5.05. The Labute approximate surface area is 123 Å². The minimum Gasteiger partial charge on any atom is -0.481 e. The summed E-state index contributed by atoms with van der Waals surface area (Å²) in [5.41, 5.74) is 0. The van der Waals surface area contributed by atoms with E-state index in [0.717, 1.165) is 0 Å². The van der Waals surface area contributed by atoms with Crippen LogP contribution in [0.4, 0.5) is 0 Å². The van der Waals surface area contributed by atoms with E-state index in [1.165, 1.54) is 12.1 Å². The summed E-state index contributed by atoms with van der Waals surface area (Å²) in [6.45, 7) is -0.0150. The van der Waals surface area contributed by atoms with Gasteiger partial charge in [0.25, 0.3) is 0 Å². The number of benzene rings is 1. The second-order valence-corrected chi connectivity index (χ2v) is 7.16.